The molecule has 4 rings (SSSR count). The normalized spacial score (nSPS) is 35.7. The summed E-state index contributed by atoms with van der Waals surface area (Å²) in [7, 11) is 1.22. The lowest BCUT2D eigenvalue weighted by Gasteiger charge is -2.51. The topological polar surface area (TPSA) is 177 Å². The SMILES string of the molecule is C=CCC1C[C@H]2C[C@H]3CCC[C@@H](C[C@@H](O)CC(=O)O[C@@H](CO)C[C@@H]4CC(=CC(=O)OC)[C@H](OC(=O)CCCCCCC)[C@@](O)(O4)C(C)(C)C=C[C@@H](O1)O2)O3. The number of fused-ring (bicyclic) bond motifs is 6. The molecule has 0 radical (unpaired) electrons. The van der Waals surface area contributed by atoms with Crippen LogP contribution in [0, 0.1) is 5.41 Å². The summed E-state index contributed by atoms with van der Waals surface area (Å²) in [6.07, 6.45) is 9.26. The van der Waals surface area contributed by atoms with Gasteiger partial charge in [0.05, 0.1) is 56.8 Å². The van der Waals surface area contributed by atoms with Crippen molar-refractivity contribution in [2.75, 3.05) is 13.7 Å². The average molecular weight is 765 g/mol. The second-order valence-corrected chi connectivity index (χ2v) is 15.8. The number of carbonyl (C=O) groups is 3. The van der Waals surface area contributed by atoms with E-state index in [1.165, 1.54) is 13.2 Å². The van der Waals surface area contributed by atoms with Crippen molar-refractivity contribution < 1.29 is 62.9 Å². The largest absolute Gasteiger partial charge is 0.466 e. The second-order valence-electron chi connectivity index (χ2n) is 15.8. The zero-order valence-corrected chi connectivity index (χ0v) is 32.7. The number of rotatable bonds is 11. The third-order valence-corrected chi connectivity index (χ3v) is 10.9. The molecule has 13 nitrogen and oxygen atoms in total. The number of esters is 3. The summed E-state index contributed by atoms with van der Waals surface area (Å²) in [5.41, 5.74) is -1.08. The van der Waals surface area contributed by atoms with Gasteiger partial charge in [0.2, 0.25) is 5.79 Å². The Morgan fingerprint density at radius 1 is 0.963 bits per heavy atom. The minimum atomic E-state index is -2.27. The van der Waals surface area contributed by atoms with Gasteiger partial charge in [-0.2, -0.15) is 0 Å². The number of aliphatic hydroxyl groups is 3. The van der Waals surface area contributed by atoms with Gasteiger partial charge in [0.25, 0.3) is 0 Å². The predicted molar refractivity (Wildman–Crippen MR) is 198 cm³/mol. The van der Waals surface area contributed by atoms with Crippen molar-refractivity contribution >= 4 is 17.9 Å². The first-order valence-electron chi connectivity index (χ1n) is 19.9. The highest BCUT2D eigenvalue weighted by Crippen LogP contribution is 2.47. The van der Waals surface area contributed by atoms with E-state index in [0.29, 0.717) is 25.7 Å². The summed E-state index contributed by atoms with van der Waals surface area (Å²) in [6, 6.07) is 0. The van der Waals surface area contributed by atoms with Gasteiger partial charge in [0.1, 0.15) is 6.10 Å². The smallest absolute Gasteiger partial charge is 0.330 e. The number of methoxy groups -OCH3 is 1. The second kappa shape index (κ2) is 21.0. The van der Waals surface area contributed by atoms with Crippen LogP contribution in [0.2, 0.25) is 0 Å². The molecule has 4 heterocycles. The highest BCUT2D eigenvalue weighted by molar-refractivity contribution is 5.83. The fourth-order valence-corrected chi connectivity index (χ4v) is 7.89. The first-order chi connectivity index (χ1) is 25.8. The van der Waals surface area contributed by atoms with Gasteiger partial charge in [-0.25, -0.2) is 4.79 Å². The molecule has 54 heavy (non-hydrogen) atoms. The van der Waals surface area contributed by atoms with E-state index in [-0.39, 0.29) is 62.1 Å². The van der Waals surface area contributed by atoms with Crippen LogP contribution in [0.15, 0.2) is 36.5 Å². The summed E-state index contributed by atoms with van der Waals surface area (Å²) < 4.78 is 42.2. The van der Waals surface area contributed by atoms with E-state index in [9.17, 15) is 29.7 Å². The minimum Gasteiger partial charge on any atom is -0.466 e. The van der Waals surface area contributed by atoms with E-state index >= 15 is 0 Å². The quantitative estimate of drug-likeness (QED) is 0.0816. The summed E-state index contributed by atoms with van der Waals surface area (Å²) in [6.45, 7) is 8.86. The molecule has 3 fully saturated rings. The number of aliphatic hydroxyl groups excluding tert-OH is 2. The van der Waals surface area contributed by atoms with E-state index in [4.69, 9.17) is 33.2 Å². The number of ether oxygens (including phenoxy) is 7. The molecule has 306 valence electrons. The lowest BCUT2D eigenvalue weighted by atomic mass is 9.74. The molecule has 13 heteroatoms. The Labute approximate surface area is 320 Å². The summed E-state index contributed by atoms with van der Waals surface area (Å²) in [4.78, 5) is 39.1. The third kappa shape index (κ3) is 12.7. The van der Waals surface area contributed by atoms with Crippen LogP contribution in [-0.4, -0.2) is 108 Å². The Hall–Kier alpha value is -2.65. The highest BCUT2D eigenvalue weighted by atomic mass is 16.7. The Balaban J connectivity index is 1.72. The standard InChI is InChI=1S/C41H64O13/c1-6-8-9-10-11-16-35(44)53-39-27(20-36(45)48-5)19-33-25-34(26-42)50-37(46)22-28(43)21-30-14-12-15-31(49-30)24-32-23-29(13-7-2)51-38(52-32)17-18-40(3,4)41(39,47)54-33/h7,17-18,20,28-34,38-39,42-43,47H,2,6,8-16,19,21-26H2,1,3-5H3/t28-,29?,30+,31-,32+,33+,34-,38+,39+,41-/m1/s1. The zero-order valence-electron chi connectivity index (χ0n) is 32.7. The molecule has 0 aromatic rings. The van der Waals surface area contributed by atoms with Crippen molar-refractivity contribution in [1.29, 1.82) is 0 Å². The van der Waals surface area contributed by atoms with Crippen LogP contribution in [-0.2, 0) is 47.5 Å². The van der Waals surface area contributed by atoms with Gasteiger partial charge in [-0.3, -0.25) is 9.59 Å². The highest BCUT2D eigenvalue weighted by Gasteiger charge is 2.57. The van der Waals surface area contributed by atoms with Crippen molar-refractivity contribution in [3.8, 4) is 0 Å². The monoisotopic (exact) mass is 764 g/mol. The fourth-order valence-electron chi connectivity index (χ4n) is 7.89. The summed E-state index contributed by atoms with van der Waals surface area (Å²) >= 11 is 0. The Morgan fingerprint density at radius 3 is 2.39 bits per heavy atom. The van der Waals surface area contributed by atoms with Crippen LogP contribution < -0.4 is 0 Å². The van der Waals surface area contributed by atoms with Crippen LogP contribution in [0.4, 0.5) is 0 Å². The maximum Gasteiger partial charge on any atom is 0.330 e. The van der Waals surface area contributed by atoms with Gasteiger partial charge in [0, 0.05) is 43.6 Å². The first kappa shape index (κ1) is 44.1. The maximum absolute atomic E-state index is 13.4. The van der Waals surface area contributed by atoms with Gasteiger partial charge >= 0.3 is 17.9 Å². The number of hydrogen-bond donors (Lipinski definition) is 3. The van der Waals surface area contributed by atoms with E-state index in [1.54, 1.807) is 32.1 Å². The molecule has 6 bridgehead atoms. The molecule has 0 aromatic carbocycles. The van der Waals surface area contributed by atoms with Crippen molar-refractivity contribution in [3.63, 3.8) is 0 Å². The average Bonchev–Trinajstić information content (AvgIpc) is 3.11. The summed E-state index contributed by atoms with van der Waals surface area (Å²) in [5.74, 6) is -4.26. The zero-order chi connectivity index (χ0) is 39.3. The van der Waals surface area contributed by atoms with E-state index < -0.39 is 66.4 Å². The number of cyclic esters (lactones) is 1. The van der Waals surface area contributed by atoms with E-state index in [0.717, 1.165) is 44.9 Å². The molecular formula is C41H64O13. The van der Waals surface area contributed by atoms with Crippen molar-refractivity contribution in [2.24, 2.45) is 5.41 Å². The van der Waals surface area contributed by atoms with E-state index in [2.05, 4.69) is 13.5 Å². The Morgan fingerprint density at radius 2 is 1.69 bits per heavy atom. The van der Waals surface area contributed by atoms with Gasteiger partial charge < -0.3 is 48.5 Å². The van der Waals surface area contributed by atoms with Crippen LogP contribution in [0.1, 0.15) is 124 Å². The molecule has 0 saturated carbocycles. The van der Waals surface area contributed by atoms with Crippen molar-refractivity contribution in [1.82, 2.24) is 0 Å². The molecule has 0 aromatic heterocycles. The van der Waals surface area contributed by atoms with E-state index in [1.807, 2.05) is 0 Å². The van der Waals surface area contributed by atoms with Gasteiger partial charge in [0.15, 0.2) is 12.4 Å². The van der Waals surface area contributed by atoms with Crippen LogP contribution in [0.25, 0.3) is 0 Å². The number of carbonyl (C=O) groups excluding carboxylic acids is 3. The molecule has 4 aliphatic heterocycles. The van der Waals surface area contributed by atoms with Crippen molar-refractivity contribution in [3.05, 3.63) is 36.5 Å². The number of hydrogen-bond acceptors (Lipinski definition) is 13. The van der Waals surface area contributed by atoms with Crippen LogP contribution in [0.3, 0.4) is 0 Å². The number of unbranched alkanes of at least 4 members (excludes halogenated alkanes) is 4. The lowest BCUT2D eigenvalue weighted by molar-refractivity contribution is -0.327. The lowest BCUT2D eigenvalue weighted by Crippen LogP contribution is -2.62. The Kier molecular flexibility index (Phi) is 17.2. The van der Waals surface area contributed by atoms with Gasteiger partial charge in [-0.15, -0.1) is 6.58 Å². The summed E-state index contributed by atoms with van der Waals surface area (Å²) in [5, 5.41) is 33.9. The molecule has 0 amide bonds. The van der Waals surface area contributed by atoms with Crippen molar-refractivity contribution in [2.45, 2.75) is 184 Å². The van der Waals surface area contributed by atoms with Gasteiger partial charge in [-0.05, 0) is 50.2 Å². The molecular weight excluding hydrogens is 700 g/mol. The molecule has 3 N–H and O–H groups in total. The fraction of sp³-hybridized carbons (Fsp3) is 0.780. The third-order valence-electron chi connectivity index (χ3n) is 10.9. The molecule has 10 atom stereocenters. The molecule has 1 unspecified atom stereocenters. The first-order valence-corrected chi connectivity index (χ1v) is 19.9. The molecule has 3 saturated heterocycles. The Bertz CT molecular complexity index is 1300. The molecule has 4 aliphatic rings. The molecule has 0 spiro atoms. The predicted octanol–water partition coefficient (Wildman–Crippen LogP) is 5.27. The minimum absolute atomic E-state index is 0.0116. The van der Waals surface area contributed by atoms with Gasteiger partial charge in [-0.1, -0.05) is 58.6 Å². The maximum atomic E-state index is 13.4. The van der Waals surface area contributed by atoms with Crippen LogP contribution in [0.5, 0.6) is 0 Å². The molecule has 0 aliphatic carbocycles. The van der Waals surface area contributed by atoms with Crippen LogP contribution >= 0.6 is 0 Å².